The second-order valence-electron chi connectivity index (χ2n) is 4.69. The minimum absolute atomic E-state index is 0.00311. The summed E-state index contributed by atoms with van der Waals surface area (Å²) in [5, 5.41) is 8.79. The summed E-state index contributed by atoms with van der Waals surface area (Å²) in [7, 11) is 1.49. The smallest absolute Gasteiger partial charge is 0.416 e. The SMILES string of the molecule is CN(CCO)C(=O)c1ccc(-c2cccc(C(F)(F)F)c2)o1. The lowest BCUT2D eigenvalue weighted by atomic mass is 10.1. The summed E-state index contributed by atoms with van der Waals surface area (Å²) in [6, 6.07) is 7.51. The molecule has 0 aliphatic rings. The van der Waals surface area contributed by atoms with Gasteiger partial charge in [-0.15, -0.1) is 0 Å². The van der Waals surface area contributed by atoms with Gasteiger partial charge in [0.25, 0.3) is 5.91 Å². The van der Waals surface area contributed by atoms with E-state index in [0.717, 1.165) is 12.1 Å². The van der Waals surface area contributed by atoms with Crippen LogP contribution in [0.25, 0.3) is 11.3 Å². The van der Waals surface area contributed by atoms with Crippen molar-refractivity contribution < 1.29 is 27.5 Å². The van der Waals surface area contributed by atoms with Crippen molar-refractivity contribution in [3.05, 3.63) is 47.7 Å². The first-order valence-corrected chi connectivity index (χ1v) is 6.46. The van der Waals surface area contributed by atoms with Gasteiger partial charge in [-0.2, -0.15) is 13.2 Å². The van der Waals surface area contributed by atoms with Gasteiger partial charge in [-0.3, -0.25) is 4.79 Å². The van der Waals surface area contributed by atoms with Crippen molar-refractivity contribution in [2.75, 3.05) is 20.2 Å². The molecule has 1 aromatic heterocycles. The molecule has 0 aliphatic heterocycles. The summed E-state index contributed by atoms with van der Waals surface area (Å²) in [5.41, 5.74) is -0.551. The third-order valence-corrected chi connectivity index (χ3v) is 3.07. The Hall–Kier alpha value is -2.28. The number of alkyl halides is 3. The van der Waals surface area contributed by atoms with E-state index in [1.165, 1.54) is 36.2 Å². The molecule has 0 aliphatic carbocycles. The van der Waals surface area contributed by atoms with Crippen LogP contribution < -0.4 is 0 Å². The van der Waals surface area contributed by atoms with Crippen LogP contribution in [-0.4, -0.2) is 36.1 Å². The van der Waals surface area contributed by atoms with Crippen LogP contribution >= 0.6 is 0 Å². The molecule has 4 nitrogen and oxygen atoms in total. The molecule has 0 saturated heterocycles. The molecular weight excluding hydrogens is 299 g/mol. The van der Waals surface area contributed by atoms with Crippen LogP contribution in [0.3, 0.4) is 0 Å². The molecule has 0 unspecified atom stereocenters. The fourth-order valence-corrected chi connectivity index (χ4v) is 1.90. The Balaban J connectivity index is 2.27. The summed E-state index contributed by atoms with van der Waals surface area (Å²) in [6.07, 6.45) is -4.44. The van der Waals surface area contributed by atoms with Gasteiger partial charge in [-0.05, 0) is 24.3 Å². The number of benzene rings is 1. The van der Waals surface area contributed by atoms with Crippen molar-refractivity contribution in [3.8, 4) is 11.3 Å². The highest BCUT2D eigenvalue weighted by molar-refractivity contribution is 5.91. The lowest BCUT2D eigenvalue weighted by Gasteiger charge is -2.13. The third-order valence-electron chi connectivity index (χ3n) is 3.07. The van der Waals surface area contributed by atoms with E-state index in [9.17, 15) is 18.0 Å². The number of carbonyl (C=O) groups excluding carboxylic acids is 1. The van der Waals surface area contributed by atoms with E-state index < -0.39 is 17.6 Å². The van der Waals surface area contributed by atoms with Gasteiger partial charge < -0.3 is 14.4 Å². The molecule has 0 bridgehead atoms. The third kappa shape index (κ3) is 3.48. The summed E-state index contributed by atoms with van der Waals surface area (Å²) in [6.45, 7) is -0.0537. The molecule has 0 atom stereocenters. The van der Waals surface area contributed by atoms with Crippen molar-refractivity contribution in [2.45, 2.75) is 6.18 Å². The first-order valence-electron chi connectivity index (χ1n) is 6.46. The molecule has 0 radical (unpaired) electrons. The number of carbonyl (C=O) groups is 1. The van der Waals surface area contributed by atoms with Crippen molar-refractivity contribution in [3.63, 3.8) is 0 Å². The normalized spacial score (nSPS) is 11.5. The summed E-state index contributed by atoms with van der Waals surface area (Å²) in [5.74, 6) is -0.275. The van der Waals surface area contributed by atoms with Crippen LogP contribution in [0.1, 0.15) is 16.1 Å². The van der Waals surface area contributed by atoms with Crippen LogP contribution in [0.5, 0.6) is 0 Å². The molecule has 118 valence electrons. The molecule has 1 N–H and O–H groups in total. The lowest BCUT2D eigenvalue weighted by molar-refractivity contribution is -0.137. The zero-order valence-electron chi connectivity index (χ0n) is 11.7. The van der Waals surface area contributed by atoms with Gasteiger partial charge in [0, 0.05) is 19.2 Å². The molecular formula is C15H14F3NO3. The highest BCUT2D eigenvalue weighted by Gasteiger charge is 2.30. The van der Waals surface area contributed by atoms with Crippen LogP contribution in [0, 0.1) is 0 Å². The largest absolute Gasteiger partial charge is 0.451 e. The van der Waals surface area contributed by atoms with Gasteiger partial charge in [0.15, 0.2) is 5.76 Å². The Labute approximate surface area is 124 Å². The van der Waals surface area contributed by atoms with Gasteiger partial charge in [-0.1, -0.05) is 12.1 Å². The molecule has 1 amide bonds. The molecule has 0 saturated carbocycles. The molecule has 1 heterocycles. The van der Waals surface area contributed by atoms with Crippen LogP contribution in [0.2, 0.25) is 0 Å². The molecule has 22 heavy (non-hydrogen) atoms. The van der Waals surface area contributed by atoms with E-state index >= 15 is 0 Å². The first kappa shape index (κ1) is 16.1. The average Bonchev–Trinajstić information content (AvgIpc) is 2.95. The summed E-state index contributed by atoms with van der Waals surface area (Å²) < 4.78 is 43.4. The molecule has 0 spiro atoms. The van der Waals surface area contributed by atoms with E-state index in [0.29, 0.717) is 0 Å². The van der Waals surface area contributed by atoms with Crippen molar-refractivity contribution >= 4 is 5.91 Å². The maximum atomic E-state index is 12.7. The van der Waals surface area contributed by atoms with Crippen molar-refractivity contribution in [1.82, 2.24) is 4.90 Å². The van der Waals surface area contributed by atoms with Crippen LogP contribution in [-0.2, 0) is 6.18 Å². The summed E-state index contributed by atoms with van der Waals surface area (Å²) >= 11 is 0. The second kappa shape index (κ2) is 6.23. The van der Waals surface area contributed by atoms with Gasteiger partial charge in [0.1, 0.15) is 5.76 Å². The van der Waals surface area contributed by atoms with Gasteiger partial charge >= 0.3 is 6.18 Å². The number of hydrogen-bond acceptors (Lipinski definition) is 3. The van der Waals surface area contributed by atoms with Crippen molar-refractivity contribution in [1.29, 1.82) is 0 Å². The van der Waals surface area contributed by atoms with E-state index in [-0.39, 0.29) is 30.2 Å². The Morgan fingerprint density at radius 1 is 1.27 bits per heavy atom. The zero-order valence-corrected chi connectivity index (χ0v) is 11.7. The maximum absolute atomic E-state index is 12.7. The Morgan fingerprint density at radius 2 is 2.00 bits per heavy atom. The minimum atomic E-state index is -4.44. The fourth-order valence-electron chi connectivity index (χ4n) is 1.90. The number of amides is 1. The van der Waals surface area contributed by atoms with Gasteiger partial charge in [0.05, 0.1) is 12.2 Å². The number of furan rings is 1. The standard InChI is InChI=1S/C15H14F3NO3/c1-19(7-8-20)14(21)13-6-5-12(22-13)10-3-2-4-11(9-10)15(16,17)18/h2-6,9,20H,7-8H2,1H3. The Morgan fingerprint density at radius 3 is 2.64 bits per heavy atom. The van der Waals surface area contributed by atoms with Crippen LogP contribution in [0.15, 0.2) is 40.8 Å². The number of nitrogens with zero attached hydrogens (tertiary/aromatic N) is 1. The molecule has 2 aromatic rings. The second-order valence-corrected chi connectivity index (χ2v) is 4.69. The number of hydrogen-bond donors (Lipinski definition) is 1. The molecule has 0 fully saturated rings. The van der Waals surface area contributed by atoms with E-state index in [4.69, 9.17) is 9.52 Å². The first-order chi connectivity index (χ1) is 10.3. The van der Waals surface area contributed by atoms with Gasteiger partial charge in [-0.25, -0.2) is 0 Å². The number of aliphatic hydroxyl groups excluding tert-OH is 1. The highest BCUT2D eigenvalue weighted by atomic mass is 19.4. The van der Waals surface area contributed by atoms with Gasteiger partial charge in [0.2, 0.25) is 0 Å². The Bertz CT molecular complexity index is 664. The van der Waals surface area contributed by atoms with E-state index in [2.05, 4.69) is 0 Å². The average molecular weight is 313 g/mol. The predicted molar refractivity (Wildman–Crippen MR) is 73.2 cm³/mol. The highest BCUT2D eigenvalue weighted by Crippen LogP contribution is 2.32. The fraction of sp³-hybridized carbons (Fsp3) is 0.267. The topological polar surface area (TPSA) is 53.7 Å². The van der Waals surface area contributed by atoms with Crippen LogP contribution in [0.4, 0.5) is 13.2 Å². The molecule has 7 heteroatoms. The quantitative estimate of drug-likeness (QED) is 0.944. The van der Waals surface area contributed by atoms with Crippen molar-refractivity contribution in [2.24, 2.45) is 0 Å². The van der Waals surface area contributed by atoms with E-state index in [1.54, 1.807) is 0 Å². The minimum Gasteiger partial charge on any atom is -0.451 e. The number of aliphatic hydroxyl groups is 1. The monoisotopic (exact) mass is 313 g/mol. The number of likely N-dealkylation sites (N-methyl/N-ethyl adjacent to an activating group) is 1. The Kier molecular flexibility index (Phi) is 4.56. The number of rotatable bonds is 4. The van der Waals surface area contributed by atoms with E-state index in [1.807, 2.05) is 0 Å². The lowest BCUT2D eigenvalue weighted by Crippen LogP contribution is -2.29. The predicted octanol–water partition coefficient (Wildman–Crippen LogP) is 3.03. The maximum Gasteiger partial charge on any atom is 0.416 e. The molecule has 1 aromatic carbocycles. The zero-order chi connectivity index (χ0) is 16.3. The number of halogens is 3. The summed E-state index contributed by atoms with van der Waals surface area (Å²) in [4.78, 5) is 13.2. The molecule has 2 rings (SSSR count).